The van der Waals surface area contributed by atoms with E-state index in [0.717, 1.165) is 5.56 Å². The van der Waals surface area contributed by atoms with E-state index in [-0.39, 0.29) is 43.2 Å². The Morgan fingerprint density at radius 2 is 1.65 bits per heavy atom. The van der Waals surface area contributed by atoms with E-state index in [1.165, 1.54) is 18.7 Å². The molecule has 5 N–H and O–H groups in total. The number of methoxy groups -OCH3 is 2. The number of primary amides is 1. The van der Waals surface area contributed by atoms with Gasteiger partial charge >= 0.3 is 12.1 Å². The van der Waals surface area contributed by atoms with Gasteiger partial charge in [-0.1, -0.05) is 33.8 Å². The van der Waals surface area contributed by atoms with Gasteiger partial charge in [-0.2, -0.15) is 0 Å². The van der Waals surface area contributed by atoms with Crippen LogP contribution in [0.25, 0.3) is 0 Å². The number of amides is 3. The zero-order valence-electron chi connectivity index (χ0n) is 32.7. The van der Waals surface area contributed by atoms with Crippen LogP contribution in [0.4, 0.5) is 4.79 Å². The Balaban J connectivity index is 2.47. The highest BCUT2D eigenvalue weighted by atomic mass is 16.6. The minimum atomic E-state index is -1.25. The first-order valence-electron chi connectivity index (χ1n) is 18.1. The van der Waals surface area contributed by atoms with Gasteiger partial charge in [0.15, 0.2) is 17.7 Å². The lowest BCUT2D eigenvalue weighted by atomic mass is 9.80. The zero-order valence-corrected chi connectivity index (χ0v) is 32.7. The summed E-state index contributed by atoms with van der Waals surface area (Å²) in [4.78, 5) is 52.5. The minimum absolute atomic E-state index is 0.0369. The van der Waals surface area contributed by atoms with E-state index in [1.54, 1.807) is 28.1 Å². The van der Waals surface area contributed by atoms with E-state index in [9.17, 15) is 29.4 Å². The Hall–Kier alpha value is -3.62. The van der Waals surface area contributed by atoms with E-state index in [2.05, 4.69) is 19.2 Å². The first kappa shape index (κ1) is 44.5. The summed E-state index contributed by atoms with van der Waals surface area (Å²) in [6.07, 6.45) is -1.26. The minimum Gasteiger partial charge on any atom is -0.493 e. The molecule has 1 aliphatic heterocycles. The Bertz CT molecular complexity index is 1330. The van der Waals surface area contributed by atoms with Crippen LogP contribution in [0.15, 0.2) is 18.2 Å². The van der Waals surface area contributed by atoms with Crippen LogP contribution in [-0.4, -0.2) is 105 Å². The molecule has 1 aromatic rings. The number of carbonyl (C=O) groups excluding carboxylic acids is 3. The molecule has 1 fully saturated rings. The number of rotatable bonds is 22. The van der Waals surface area contributed by atoms with E-state index in [1.807, 2.05) is 32.0 Å². The second-order valence-corrected chi connectivity index (χ2v) is 15.7. The number of aliphatic hydroxyl groups excluding tert-OH is 1. The second kappa shape index (κ2) is 20.0. The van der Waals surface area contributed by atoms with Crippen molar-refractivity contribution in [3.05, 3.63) is 23.8 Å². The summed E-state index contributed by atoms with van der Waals surface area (Å²) < 4.78 is 28.6. The highest BCUT2D eigenvalue weighted by molar-refractivity contribution is 5.83. The summed E-state index contributed by atoms with van der Waals surface area (Å²) in [6, 6.07) is 5.06. The number of esters is 1. The van der Waals surface area contributed by atoms with Crippen molar-refractivity contribution < 1.29 is 53.1 Å². The maximum atomic E-state index is 13.6. The third kappa shape index (κ3) is 12.5. The number of carbonyl (C=O) groups is 4. The Morgan fingerprint density at radius 1 is 0.981 bits per heavy atom. The number of nitrogens with zero attached hydrogens (tertiary/aromatic N) is 1. The third-order valence-corrected chi connectivity index (χ3v) is 9.92. The van der Waals surface area contributed by atoms with Crippen molar-refractivity contribution >= 4 is 23.9 Å². The summed E-state index contributed by atoms with van der Waals surface area (Å²) in [5.41, 5.74) is 4.34. The molecule has 1 heterocycles. The van der Waals surface area contributed by atoms with Crippen molar-refractivity contribution in [3.63, 3.8) is 0 Å². The molecule has 1 aliphatic rings. The molecule has 14 heteroatoms. The first-order chi connectivity index (χ1) is 24.3. The van der Waals surface area contributed by atoms with Gasteiger partial charge in [0.05, 0.1) is 43.3 Å². The molecular formula is C38H63N3O11. The molecule has 2 rings (SSSR count). The Kier molecular flexibility index (Phi) is 17.1. The molecule has 0 radical (unpaired) electrons. The van der Waals surface area contributed by atoms with Gasteiger partial charge in [0.2, 0.25) is 11.8 Å². The SMILES string of the molecule is COCCCOc1cc(C[C@H](C[C@H]2[C@H](C[C@H](C(=O)NCC(C)(C)C(N)=O)C(C)C)OC(COC(=O)C(C)(C)CO)N2C(=O)O)C(C)C)ccc1OC. The van der Waals surface area contributed by atoms with Crippen LogP contribution in [0, 0.1) is 34.5 Å². The van der Waals surface area contributed by atoms with Gasteiger partial charge in [0.1, 0.15) is 6.61 Å². The number of carboxylic acid groups (broad SMARTS) is 1. The van der Waals surface area contributed by atoms with Crippen molar-refractivity contribution in [2.75, 3.05) is 47.2 Å². The standard InChI is InChI=1S/C38H63N3O11/c1-23(2)26(16-25-12-13-29(49-10)31(17-25)50-15-11-14-48-9)18-28-30(19-27(24(3)4)33(43)40-21-37(5,6)34(39)44)52-32(41(28)36(46)47)20-51-35(45)38(7,8)22-42/h12-13,17,23-24,26-28,30,32,42H,11,14-16,18-22H2,1-10H3,(H2,39,44)(H,40,43)(H,46,47)/t26-,27+,28+,30+,32?/m1/s1. The molecule has 0 bridgehead atoms. The van der Waals surface area contributed by atoms with E-state index < -0.39 is 59.7 Å². The molecule has 0 spiro atoms. The maximum absolute atomic E-state index is 13.6. The van der Waals surface area contributed by atoms with E-state index in [4.69, 9.17) is 29.4 Å². The zero-order chi connectivity index (χ0) is 39.4. The highest BCUT2D eigenvalue weighted by Crippen LogP contribution is 2.38. The van der Waals surface area contributed by atoms with Crippen molar-refractivity contribution in [1.29, 1.82) is 0 Å². The molecule has 0 aromatic heterocycles. The van der Waals surface area contributed by atoms with Crippen LogP contribution in [0.2, 0.25) is 0 Å². The van der Waals surface area contributed by atoms with Crippen molar-refractivity contribution in [3.8, 4) is 11.5 Å². The van der Waals surface area contributed by atoms with Crippen molar-refractivity contribution in [2.45, 2.75) is 99.4 Å². The number of hydrogen-bond acceptors (Lipinski definition) is 10. The van der Waals surface area contributed by atoms with Crippen LogP contribution >= 0.6 is 0 Å². The topological polar surface area (TPSA) is 196 Å². The monoisotopic (exact) mass is 737 g/mol. The lowest BCUT2D eigenvalue weighted by Gasteiger charge is -2.33. The number of nitrogens with one attached hydrogen (secondary N) is 1. The van der Waals surface area contributed by atoms with Crippen LogP contribution in [0.3, 0.4) is 0 Å². The number of aliphatic hydroxyl groups is 1. The molecule has 1 saturated heterocycles. The quantitative estimate of drug-likeness (QED) is 0.0982. The lowest BCUT2D eigenvalue weighted by Crippen LogP contribution is -2.47. The molecule has 1 aromatic carbocycles. The normalized spacial score (nSPS) is 19.0. The molecule has 14 nitrogen and oxygen atoms in total. The van der Waals surface area contributed by atoms with Gasteiger partial charge in [-0.3, -0.25) is 19.3 Å². The predicted molar refractivity (Wildman–Crippen MR) is 195 cm³/mol. The summed E-state index contributed by atoms with van der Waals surface area (Å²) in [5.74, 6) is -1.02. The predicted octanol–water partition coefficient (Wildman–Crippen LogP) is 4.24. The highest BCUT2D eigenvalue weighted by Gasteiger charge is 2.48. The largest absolute Gasteiger partial charge is 0.493 e. The number of hydrogen-bond donors (Lipinski definition) is 4. The van der Waals surface area contributed by atoms with Gasteiger partial charge in [-0.15, -0.1) is 0 Å². The Morgan fingerprint density at radius 3 is 2.19 bits per heavy atom. The smallest absolute Gasteiger partial charge is 0.409 e. The van der Waals surface area contributed by atoms with Crippen molar-refractivity contribution in [2.24, 2.45) is 40.2 Å². The molecule has 0 aliphatic carbocycles. The molecule has 296 valence electrons. The summed E-state index contributed by atoms with van der Waals surface area (Å²) in [7, 11) is 3.22. The summed E-state index contributed by atoms with van der Waals surface area (Å²) >= 11 is 0. The fraction of sp³-hybridized carbons (Fsp3) is 0.737. The van der Waals surface area contributed by atoms with E-state index in [0.29, 0.717) is 44.0 Å². The molecule has 52 heavy (non-hydrogen) atoms. The maximum Gasteiger partial charge on any atom is 0.409 e. The fourth-order valence-corrected chi connectivity index (χ4v) is 6.03. The van der Waals surface area contributed by atoms with Crippen LogP contribution in [0.5, 0.6) is 11.5 Å². The summed E-state index contributed by atoms with van der Waals surface area (Å²) in [6.45, 7) is 14.5. The molecule has 3 amide bonds. The third-order valence-electron chi connectivity index (χ3n) is 9.92. The molecular weight excluding hydrogens is 674 g/mol. The van der Waals surface area contributed by atoms with Crippen LogP contribution in [-0.2, 0) is 35.0 Å². The molecule has 5 atom stereocenters. The van der Waals surface area contributed by atoms with Crippen LogP contribution in [0.1, 0.15) is 80.2 Å². The van der Waals surface area contributed by atoms with Gasteiger partial charge in [-0.05, 0) is 82.4 Å². The first-order valence-corrected chi connectivity index (χ1v) is 18.1. The van der Waals surface area contributed by atoms with Gasteiger partial charge in [0.25, 0.3) is 0 Å². The van der Waals surface area contributed by atoms with E-state index >= 15 is 0 Å². The lowest BCUT2D eigenvalue weighted by molar-refractivity contribution is -0.162. The van der Waals surface area contributed by atoms with Gasteiger partial charge in [0, 0.05) is 32.6 Å². The number of benzene rings is 1. The second-order valence-electron chi connectivity index (χ2n) is 15.7. The van der Waals surface area contributed by atoms with Gasteiger partial charge < -0.3 is 44.9 Å². The average molecular weight is 738 g/mol. The molecule has 0 saturated carbocycles. The van der Waals surface area contributed by atoms with Gasteiger partial charge in [-0.25, -0.2) is 4.79 Å². The molecule has 1 unspecified atom stereocenters. The average Bonchev–Trinajstić information content (AvgIpc) is 3.42. The van der Waals surface area contributed by atoms with Crippen LogP contribution < -0.4 is 20.5 Å². The van der Waals surface area contributed by atoms with Crippen molar-refractivity contribution in [1.82, 2.24) is 10.2 Å². The number of ether oxygens (including phenoxy) is 5. The Labute approximate surface area is 309 Å². The summed E-state index contributed by atoms with van der Waals surface area (Å²) in [5, 5.41) is 23.1. The number of nitrogens with two attached hydrogens (primary N) is 1. The fourth-order valence-electron chi connectivity index (χ4n) is 6.03.